The smallest absolute Gasteiger partial charge is 0.220 e. The number of hydrogen-bond acceptors (Lipinski definition) is 3. The van der Waals surface area contributed by atoms with Crippen LogP contribution in [0.15, 0.2) is 48.7 Å². The van der Waals surface area contributed by atoms with Crippen molar-refractivity contribution in [3.63, 3.8) is 0 Å². The molecule has 1 atom stereocenters. The van der Waals surface area contributed by atoms with E-state index in [0.29, 0.717) is 6.42 Å². The normalized spacial score (nSPS) is 18.1. The van der Waals surface area contributed by atoms with Gasteiger partial charge in [0.05, 0.1) is 0 Å². The maximum atomic E-state index is 11.3. The summed E-state index contributed by atoms with van der Waals surface area (Å²) in [6.45, 7) is 0.728. The number of rotatable bonds is 2. The average molecular weight is 278 g/mol. The predicted octanol–water partition coefficient (Wildman–Crippen LogP) is 2.00. The highest BCUT2D eigenvalue weighted by atomic mass is 16.1. The topological polar surface area (TPSA) is 59.3 Å². The first-order valence-electron chi connectivity index (χ1n) is 6.98. The van der Waals surface area contributed by atoms with E-state index in [2.05, 4.69) is 27.6 Å². The van der Waals surface area contributed by atoms with E-state index in [1.165, 1.54) is 5.56 Å². The van der Waals surface area contributed by atoms with E-state index in [1.54, 1.807) is 0 Å². The second-order valence-corrected chi connectivity index (χ2v) is 5.28. The van der Waals surface area contributed by atoms with Crippen molar-refractivity contribution in [3.05, 3.63) is 54.2 Å². The van der Waals surface area contributed by atoms with Crippen molar-refractivity contribution in [3.8, 4) is 11.4 Å². The highest BCUT2D eigenvalue weighted by Gasteiger charge is 2.22. The van der Waals surface area contributed by atoms with Crippen molar-refractivity contribution >= 4 is 11.6 Å². The molecule has 3 aromatic rings. The summed E-state index contributed by atoms with van der Waals surface area (Å²) in [5.74, 6) is 1.24. The van der Waals surface area contributed by atoms with Crippen LogP contribution in [-0.2, 0) is 4.79 Å². The Hall–Kier alpha value is -2.69. The van der Waals surface area contributed by atoms with Gasteiger partial charge in [-0.15, -0.1) is 10.2 Å². The first kappa shape index (κ1) is 12.1. The Morgan fingerprint density at radius 1 is 1.10 bits per heavy atom. The molecule has 0 aliphatic carbocycles. The van der Waals surface area contributed by atoms with Crippen LogP contribution in [0.1, 0.15) is 17.9 Å². The lowest BCUT2D eigenvalue weighted by atomic mass is 9.97. The minimum Gasteiger partial charge on any atom is -0.355 e. The molecular formula is C16H14N4O. The number of carbonyl (C=O) groups is 1. The quantitative estimate of drug-likeness (QED) is 0.780. The molecular weight excluding hydrogens is 264 g/mol. The van der Waals surface area contributed by atoms with Gasteiger partial charge in [0.15, 0.2) is 11.5 Å². The molecule has 3 heterocycles. The number of hydrogen-bond donors (Lipinski definition) is 1. The van der Waals surface area contributed by atoms with Crippen LogP contribution in [-0.4, -0.2) is 27.0 Å². The highest BCUT2D eigenvalue weighted by molar-refractivity contribution is 5.79. The van der Waals surface area contributed by atoms with E-state index in [-0.39, 0.29) is 11.8 Å². The van der Waals surface area contributed by atoms with Gasteiger partial charge in [-0.1, -0.05) is 30.3 Å². The van der Waals surface area contributed by atoms with Crippen molar-refractivity contribution < 1.29 is 4.79 Å². The van der Waals surface area contributed by atoms with E-state index in [0.717, 1.165) is 23.6 Å². The van der Waals surface area contributed by atoms with Crippen molar-refractivity contribution in [2.24, 2.45) is 0 Å². The van der Waals surface area contributed by atoms with E-state index in [9.17, 15) is 4.79 Å². The molecule has 104 valence electrons. The number of aromatic nitrogens is 3. The lowest BCUT2D eigenvalue weighted by molar-refractivity contribution is -0.119. The van der Waals surface area contributed by atoms with Gasteiger partial charge in [0.1, 0.15) is 0 Å². The number of fused-ring (bicyclic) bond motifs is 1. The molecule has 0 saturated carbocycles. The molecule has 21 heavy (non-hydrogen) atoms. The molecule has 4 rings (SSSR count). The number of nitrogens with one attached hydrogen (secondary N) is 1. The molecule has 2 aromatic heterocycles. The lowest BCUT2D eigenvalue weighted by Crippen LogP contribution is -2.13. The van der Waals surface area contributed by atoms with Crippen LogP contribution < -0.4 is 5.32 Å². The summed E-state index contributed by atoms with van der Waals surface area (Å²) in [5.41, 5.74) is 3.04. The maximum Gasteiger partial charge on any atom is 0.220 e. The van der Waals surface area contributed by atoms with E-state index >= 15 is 0 Å². The fourth-order valence-corrected chi connectivity index (χ4v) is 2.78. The summed E-state index contributed by atoms with van der Waals surface area (Å²) in [6.07, 6.45) is 2.53. The van der Waals surface area contributed by atoms with Crippen LogP contribution in [0.25, 0.3) is 17.0 Å². The van der Waals surface area contributed by atoms with Gasteiger partial charge in [0.2, 0.25) is 5.91 Å². The Labute approximate surface area is 121 Å². The van der Waals surface area contributed by atoms with Gasteiger partial charge in [-0.05, 0) is 17.7 Å². The van der Waals surface area contributed by atoms with Gasteiger partial charge < -0.3 is 5.32 Å². The summed E-state index contributed by atoms with van der Waals surface area (Å²) < 4.78 is 1.97. The van der Waals surface area contributed by atoms with Crippen LogP contribution in [0, 0.1) is 0 Å². The zero-order valence-electron chi connectivity index (χ0n) is 11.4. The first-order chi connectivity index (χ1) is 10.3. The van der Waals surface area contributed by atoms with Crippen molar-refractivity contribution in [1.82, 2.24) is 19.9 Å². The predicted molar refractivity (Wildman–Crippen MR) is 78.8 cm³/mol. The van der Waals surface area contributed by atoms with Gasteiger partial charge in [-0.25, -0.2) is 0 Å². The van der Waals surface area contributed by atoms with Crippen LogP contribution in [0.2, 0.25) is 0 Å². The molecule has 1 aliphatic rings. The Balaban J connectivity index is 1.69. The average Bonchev–Trinajstić information content (AvgIpc) is 3.14. The molecule has 0 spiro atoms. The van der Waals surface area contributed by atoms with Crippen molar-refractivity contribution in [1.29, 1.82) is 0 Å². The monoisotopic (exact) mass is 278 g/mol. The second kappa shape index (κ2) is 4.70. The molecule has 1 N–H and O–H groups in total. The summed E-state index contributed by atoms with van der Waals surface area (Å²) in [4.78, 5) is 11.3. The number of pyridine rings is 1. The number of amides is 1. The zero-order valence-corrected chi connectivity index (χ0v) is 11.4. The summed E-state index contributed by atoms with van der Waals surface area (Å²) >= 11 is 0. The van der Waals surface area contributed by atoms with Crippen LogP contribution in [0.4, 0.5) is 0 Å². The molecule has 5 heteroatoms. The maximum absolute atomic E-state index is 11.3. The second-order valence-electron chi connectivity index (χ2n) is 5.28. The molecule has 1 fully saturated rings. The lowest BCUT2D eigenvalue weighted by Gasteiger charge is -2.08. The van der Waals surface area contributed by atoms with Gasteiger partial charge in [0.25, 0.3) is 0 Å². The Kier molecular flexibility index (Phi) is 2.70. The molecule has 1 aliphatic heterocycles. The third-order valence-electron chi connectivity index (χ3n) is 3.93. The summed E-state index contributed by atoms with van der Waals surface area (Å²) in [6, 6.07) is 14.1. The van der Waals surface area contributed by atoms with E-state index in [4.69, 9.17) is 0 Å². The Morgan fingerprint density at radius 2 is 1.95 bits per heavy atom. The molecule has 0 bridgehead atoms. The zero-order chi connectivity index (χ0) is 14.2. The van der Waals surface area contributed by atoms with Crippen molar-refractivity contribution in [2.75, 3.05) is 6.54 Å². The Bertz CT molecular complexity index is 807. The highest BCUT2D eigenvalue weighted by Crippen LogP contribution is 2.26. The minimum atomic E-state index is 0.132. The molecule has 1 aromatic carbocycles. The number of nitrogens with zero attached hydrogens (tertiary/aromatic N) is 3. The van der Waals surface area contributed by atoms with Gasteiger partial charge in [0, 0.05) is 30.6 Å². The minimum absolute atomic E-state index is 0.132. The summed E-state index contributed by atoms with van der Waals surface area (Å²) in [5, 5.41) is 11.3. The molecule has 1 unspecified atom stereocenters. The fourth-order valence-electron chi connectivity index (χ4n) is 2.78. The number of carbonyl (C=O) groups excluding carboxylic acids is 1. The molecule has 5 nitrogen and oxygen atoms in total. The fraction of sp³-hybridized carbons (Fsp3) is 0.188. The van der Waals surface area contributed by atoms with E-state index in [1.807, 2.05) is 40.9 Å². The van der Waals surface area contributed by atoms with E-state index < -0.39 is 0 Å². The van der Waals surface area contributed by atoms with Crippen molar-refractivity contribution in [2.45, 2.75) is 12.3 Å². The largest absolute Gasteiger partial charge is 0.355 e. The van der Waals surface area contributed by atoms with Crippen LogP contribution in [0.5, 0.6) is 0 Å². The first-order valence-corrected chi connectivity index (χ1v) is 6.98. The summed E-state index contributed by atoms with van der Waals surface area (Å²) in [7, 11) is 0. The van der Waals surface area contributed by atoms with Crippen LogP contribution in [0.3, 0.4) is 0 Å². The van der Waals surface area contributed by atoms with Crippen LogP contribution >= 0.6 is 0 Å². The third-order valence-corrected chi connectivity index (χ3v) is 3.93. The molecule has 0 radical (unpaired) electrons. The third kappa shape index (κ3) is 2.07. The van der Waals surface area contributed by atoms with Gasteiger partial charge >= 0.3 is 0 Å². The number of benzene rings is 1. The molecule has 1 saturated heterocycles. The molecule has 1 amide bonds. The standard InChI is InChI=1S/C16H14N4O/c21-15-9-13(10-17-15)11-4-6-12(7-5-11)16-19-18-14-3-1-2-8-20(14)16/h1-8,13H,9-10H2,(H,17,21). The Morgan fingerprint density at radius 3 is 2.71 bits per heavy atom. The van der Waals surface area contributed by atoms with Gasteiger partial charge in [-0.2, -0.15) is 0 Å². The van der Waals surface area contributed by atoms with Gasteiger partial charge in [-0.3, -0.25) is 9.20 Å². The SMILES string of the molecule is O=C1CC(c2ccc(-c3nnc4ccccn34)cc2)CN1.